The summed E-state index contributed by atoms with van der Waals surface area (Å²) in [6, 6.07) is 7.63. The van der Waals surface area contributed by atoms with Crippen molar-refractivity contribution in [2.45, 2.75) is 24.5 Å². The lowest BCUT2D eigenvalue weighted by Crippen LogP contribution is -2.50. The molecular formula is C20H19BrClN3O3. The first-order valence-corrected chi connectivity index (χ1v) is 10.4. The van der Waals surface area contributed by atoms with Crippen LogP contribution in [0.2, 0.25) is 5.15 Å². The van der Waals surface area contributed by atoms with Gasteiger partial charge in [0.05, 0.1) is 12.8 Å². The molecule has 8 heteroatoms. The second kappa shape index (κ2) is 6.99. The van der Waals surface area contributed by atoms with E-state index in [1.807, 2.05) is 18.2 Å². The lowest BCUT2D eigenvalue weighted by molar-refractivity contribution is -0.0238. The predicted octanol–water partition coefficient (Wildman–Crippen LogP) is 4.03. The van der Waals surface area contributed by atoms with Crippen LogP contribution >= 0.6 is 27.5 Å². The van der Waals surface area contributed by atoms with E-state index in [-0.39, 0.29) is 6.10 Å². The first kappa shape index (κ1) is 18.4. The number of nitrogens with zero attached hydrogens (tertiary/aromatic N) is 2. The number of aromatic nitrogens is 1. The maximum Gasteiger partial charge on any atom is 0.151 e. The average molecular weight is 465 g/mol. The number of pyridine rings is 1. The number of benzene rings is 1. The Morgan fingerprint density at radius 3 is 2.71 bits per heavy atom. The summed E-state index contributed by atoms with van der Waals surface area (Å²) in [6.07, 6.45) is 3.27. The fourth-order valence-electron chi connectivity index (χ4n) is 4.28. The van der Waals surface area contributed by atoms with Gasteiger partial charge in [-0.1, -0.05) is 27.5 Å². The van der Waals surface area contributed by atoms with Gasteiger partial charge in [-0.2, -0.15) is 0 Å². The Bertz CT molecular complexity index is 910. The molecule has 5 rings (SSSR count). The molecule has 1 saturated heterocycles. The average Bonchev–Trinajstić information content (AvgIpc) is 2.70. The van der Waals surface area contributed by atoms with E-state index < -0.39 is 5.54 Å². The molecule has 3 aliphatic rings. The SMILES string of the molecule is NC1=N[C@]2(CO[C@H]1C1CCOCC1)c1cc(Br)ccc1Oc1cnc(Cl)cc12. The Hall–Kier alpha value is -1.67. The summed E-state index contributed by atoms with van der Waals surface area (Å²) in [6.45, 7) is 1.82. The molecule has 0 amide bonds. The Morgan fingerprint density at radius 2 is 1.93 bits per heavy atom. The normalized spacial score (nSPS) is 26.9. The van der Waals surface area contributed by atoms with Gasteiger partial charge in [0.15, 0.2) is 5.75 Å². The van der Waals surface area contributed by atoms with Crippen molar-refractivity contribution >= 4 is 33.4 Å². The van der Waals surface area contributed by atoms with E-state index in [1.54, 1.807) is 12.3 Å². The monoisotopic (exact) mass is 463 g/mol. The Labute approximate surface area is 176 Å². The van der Waals surface area contributed by atoms with Crippen LogP contribution < -0.4 is 10.5 Å². The van der Waals surface area contributed by atoms with E-state index in [9.17, 15) is 0 Å². The van der Waals surface area contributed by atoms with E-state index in [4.69, 9.17) is 36.5 Å². The molecule has 4 heterocycles. The van der Waals surface area contributed by atoms with Gasteiger partial charge in [-0.3, -0.25) is 4.99 Å². The number of hydrogen-bond donors (Lipinski definition) is 1. The zero-order chi connectivity index (χ0) is 19.3. The minimum atomic E-state index is -0.814. The molecule has 1 aromatic carbocycles. The quantitative estimate of drug-likeness (QED) is 0.645. The third-order valence-electron chi connectivity index (χ3n) is 5.66. The van der Waals surface area contributed by atoms with Gasteiger partial charge < -0.3 is 19.9 Å². The van der Waals surface area contributed by atoms with Crippen LogP contribution in [0.15, 0.2) is 39.9 Å². The van der Waals surface area contributed by atoms with Gasteiger partial charge in [0.2, 0.25) is 0 Å². The molecular weight excluding hydrogens is 446 g/mol. The number of nitrogens with two attached hydrogens (primary N) is 1. The number of fused-ring (bicyclic) bond motifs is 4. The first-order valence-electron chi connectivity index (χ1n) is 9.25. The van der Waals surface area contributed by atoms with Crippen molar-refractivity contribution in [3.8, 4) is 11.5 Å². The standard InChI is InChI=1S/C20H19BrClN3O3/c21-12-1-2-15-13(7-12)20(14-8-17(22)24-9-16(14)28-15)10-27-18(19(23)25-20)11-3-5-26-6-4-11/h1-2,7-9,11,18H,3-6,10H2,(H2,23,25)/t18-,20+/m0/s1. The van der Waals surface area contributed by atoms with Crippen LogP contribution in [-0.4, -0.2) is 36.7 Å². The van der Waals surface area contributed by atoms with Crippen molar-refractivity contribution in [2.75, 3.05) is 19.8 Å². The van der Waals surface area contributed by atoms with Crippen molar-refractivity contribution in [1.82, 2.24) is 4.98 Å². The van der Waals surface area contributed by atoms with Crippen molar-refractivity contribution in [3.05, 3.63) is 51.2 Å². The molecule has 28 heavy (non-hydrogen) atoms. The molecule has 0 unspecified atom stereocenters. The summed E-state index contributed by atoms with van der Waals surface area (Å²) in [5, 5.41) is 0.375. The molecule has 0 radical (unpaired) electrons. The number of hydrogen-bond acceptors (Lipinski definition) is 6. The predicted molar refractivity (Wildman–Crippen MR) is 109 cm³/mol. The van der Waals surface area contributed by atoms with Gasteiger partial charge in [0.1, 0.15) is 28.4 Å². The molecule has 2 aromatic rings. The molecule has 0 bridgehead atoms. The summed E-state index contributed by atoms with van der Waals surface area (Å²) in [5.41, 5.74) is 7.38. The number of halogens is 2. The fraction of sp³-hybridized carbons (Fsp3) is 0.400. The van der Waals surface area contributed by atoms with Crippen LogP contribution in [0.1, 0.15) is 24.0 Å². The largest absolute Gasteiger partial charge is 0.455 e. The third kappa shape index (κ3) is 2.92. The summed E-state index contributed by atoms with van der Waals surface area (Å²) in [4.78, 5) is 9.20. The first-order chi connectivity index (χ1) is 13.6. The molecule has 2 N–H and O–H groups in total. The highest BCUT2D eigenvalue weighted by Crippen LogP contribution is 2.51. The van der Waals surface area contributed by atoms with Crippen LogP contribution in [0.25, 0.3) is 0 Å². The highest BCUT2D eigenvalue weighted by atomic mass is 79.9. The minimum absolute atomic E-state index is 0.200. The second-order valence-corrected chi connectivity index (χ2v) is 8.63. The molecule has 1 aromatic heterocycles. The molecule has 2 atom stereocenters. The smallest absolute Gasteiger partial charge is 0.151 e. The zero-order valence-electron chi connectivity index (χ0n) is 15.0. The lowest BCUT2D eigenvalue weighted by atomic mass is 9.80. The van der Waals surface area contributed by atoms with E-state index >= 15 is 0 Å². The number of amidine groups is 1. The van der Waals surface area contributed by atoms with Crippen LogP contribution in [0, 0.1) is 5.92 Å². The molecule has 1 spiro atoms. The zero-order valence-corrected chi connectivity index (χ0v) is 17.4. The Kier molecular flexibility index (Phi) is 4.58. The molecule has 146 valence electrons. The summed E-state index contributed by atoms with van der Waals surface area (Å²) in [7, 11) is 0. The van der Waals surface area contributed by atoms with Crippen molar-refractivity contribution in [1.29, 1.82) is 0 Å². The highest BCUT2D eigenvalue weighted by Gasteiger charge is 2.48. The molecule has 0 saturated carbocycles. The van der Waals surface area contributed by atoms with Crippen molar-refractivity contribution in [2.24, 2.45) is 16.6 Å². The van der Waals surface area contributed by atoms with E-state index in [2.05, 4.69) is 20.9 Å². The Morgan fingerprint density at radius 1 is 1.14 bits per heavy atom. The van der Waals surface area contributed by atoms with Gasteiger partial charge in [0, 0.05) is 28.8 Å². The van der Waals surface area contributed by atoms with E-state index in [0.29, 0.717) is 35.0 Å². The van der Waals surface area contributed by atoms with Gasteiger partial charge in [-0.15, -0.1) is 0 Å². The molecule has 1 fully saturated rings. The van der Waals surface area contributed by atoms with Gasteiger partial charge in [-0.05, 0) is 43.0 Å². The van der Waals surface area contributed by atoms with Crippen LogP contribution in [0.3, 0.4) is 0 Å². The molecule has 6 nitrogen and oxygen atoms in total. The van der Waals surface area contributed by atoms with Gasteiger partial charge in [0.25, 0.3) is 0 Å². The van der Waals surface area contributed by atoms with Gasteiger partial charge in [-0.25, -0.2) is 4.98 Å². The maximum atomic E-state index is 6.49. The third-order valence-corrected chi connectivity index (χ3v) is 6.36. The maximum absolute atomic E-state index is 6.49. The van der Waals surface area contributed by atoms with Crippen molar-refractivity contribution in [3.63, 3.8) is 0 Å². The summed E-state index contributed by atoms with van der Waals surface area (Å²) >= 11 is 9.77. The summed E-state index contributed by atoms with van der Waals surface area (Å²) in [5.74, 6) is 2.15. The van der Waals surface area contributed by atoms with Gasteiger partial charge >= 0.3 is 0 Å². The molecule has 0 aliphatic carbocycles. The van der Waals surface area contributed by atoms with Crippen LogP contribution in [0.5, 0.6) is 11.5 Å². The van der Waals surface area contributed by atoms with Crippen molar-refractivity contribution < 1.29 is 14.2 Å². The van der Waals surface area contributed by atoms with Crippen LogP contribution in [-0.2, 0) is 15.0 Å². The number of aliphatic imine (C=N–C) groups is 1. The minimum Gasteiger partial charge on any atom is -0.455 e. The number of ether oxygens (including phenoxy) is 3. The Balaban J connectivity index is 1.65. The van der Waals surface area contributed by atoms with E-state index in [0.717, 1.165) is 41.7 Å². The van der Waals surface area contributed by atoms with E-state index in [1.165, 1.54) is 0 Å². The lowest BCUT2D eigenvalue weighted by Gasteiger charge is -2.43. The topological polar surface area (TPSA) is 79.0 Å². The number of rotatable bonds is 1. The molecule has 3 aliphatic heterocycles. The second-order valence-electron chi connectivity index (χ2n) is 7.32. The van der Waals surface area contributed by atoms with Crippen LogP contribution in [0.4, 0.5) is 0 Å². The fourth-order valence-corrected chi connectivity index (χ4v) is 4.80. The summed E-state index contributed by atoms with van der Waals surface area (Å²) < 4.78 is 18.8. The highest BCUT2D eigenvalue weighted by molar-refractivity contribution is 9.10.